The first kappa shape index (κ1) is 37.9. The van der Waals surface area contributed by atoms with Gasteiger partial charge in [0.1, 0.15) is 0 Å². The van der Waals surface area contributed by atoms with Crippen LogP contribution in [0.5, 0.6) is 0 Å². The standard InChI is InChI=1S/3CH3.BrH.Ni/h3*1H3;1H;/q3*-1;;+1/p-1. The van der Waals surface area contributed by atoms with Crippen LogP contribution >= 0.6 is 14.2 Å². The van der Waals surface area contributed by atoms with Crippen LogP contribution in [0.4, 0.5) is 0 Å². The number of halogens is 1. The van der Waals surface area contributed by atoms with E-state index in [1.807, 2.05) is 0 Å². The molecular weight excluding hydrogens is 175 g/mol. The molecular formula is C3H9BrNi-3. The van der Waals surface area contributed by atoms with Crippen molar-refractivity contribution in [2.24, 2.45) is 0 Å². The number of hydrogen-bond donors (Lipinski definition) is 0. The zero-order valence-electron chi connectivity index (χ0n) is 3.69. The Morgan fingerprint density at radius 2 is 0.800 bits per heavy atom. The van der Waals surface area contributed by atoms with E-state index < -0.39 is 0 Å². The first-order valence-electron chi connectivity index (χ1n) is 0.120. The normalized spacial score (nSPS) is 1.40. The van der Waals surface area contributed by atoms with Crippen molar-refractivity contribution in [3.8, 4) is 0 Å². The molecule has 0 amide bonds. The van der Waals surface area contributed by atoms with Crippen molar-refractivity contribution >= 4 is 14.2 Å². The van der Waals surface area contributed by atoms with Gasteiger partial charge >= 0.3 is 27.9 Å². The molecule has 0 saturated carbocycles. The van der Waals surface area contributed by atoms with E-state index in [-0.39, 0.29) is 22.3 Å². The van der Waals surface area contributed by atoms with E-state index in [0.717, 1.165) is 0 Å². The molecule has 0 aromatic heterocycles. The van der Waals surface area contributed by atoms with Gasteiger partial charge in [0.15, 0.2) is 0 Å². The Hall–Kier alpha value is 0.974. The first-order chi connectivity index (χ1) is 1.00. The van der Waals surface area contributed by atoms with Crippen molar-refractivity contribution in [2.75, 3.05) is 0 Å². The van der Waals surface area contributed by atoms with E-state index in [1.54, 1.807) is 0 Å². The third kappa shape index (κ3) is 46.4. The fourth-order valence-electron chi connectivity index (χ4n) is 0. The van der Waals surface area contributed by atoms with Gasteiger partial charge in [-0.3, -0.25) is 0 Å². The van der Waals surface area contributed by atoms with Gasteiger partial charge in [-0.05, 0) is 0 Å². The minimum absolute atomic E-state index is 0. The zero-order chi connectivity index (χ0) is 2.00. The summed E-state index contributed by atoms with van der Waals surface area (Å²) in [7, 11) is 0. The van der Waals surface area contributed by atoms with Crippen LogP contribution in [0.2, 0.25) is 0 Å². The first-order valence-corrected chi connectivity index (χ1v) is 2.56. The average Bonchev–Trinajstić information content (AvgIpc) is 1.00. The third-order valence-electron chi connectivity index (χ3n) is 0. The Bertz CT molecular complexity index is 6.85. The molecule has 0 N–H and O–H groups in total. The van der Waals surface area contributed by atoms with Crippen LogP contribution < -0.4 is 0 Å². The number of rotatable bonds is 0. The van der Waals surface area contributed by atoms with Crippen molar-refractivity contribution in [2.45, 2.75) is 0 Å². The molecule has 0 nitrogen and oxygen atoms in total. The molecule has 0 atom stereocenters. The SMILES string of the molecule is [CH3-].[CH3-].[CH3-].[Ni][Br]. The molecule has 0 aromatic rings. The zero-order valence-corrected chi connectivity index (χ0v) is 6.27. The van der Waals surface area contributed by atoms with Gasteiger partial charge in [-0.25, -0.2) is 0 Å². The summed E-state index contributed by atoms with van der Waals surface area (Å²) in [4.78, 5) is 0. The maximum atomic E-state index is 3.69. The molecule has 0 spiro atoms. The Labute approximate surface area is 50.5 Å². The predicted molar refractivity (Wildman–Crippen MR) is 28.2 cm³/mol. The van der Waals surface area contributed by atoms with Gasteiger partial charge < -0.3 is 22.3 Å². The van der Waals surface area contributed by atoms with Gasteiger partial charge in [-0.15, -0.1) is 0 Å². The second kappa shape index (κ2) is 82.9. The monoisotopic (exact) mass is 182 g/mol. The van der Waals surface area contributed by atoms with Crippen LogP contribution in [0.15, 0.2) is 0 Å². The van der Waals surface area contributed by atoms with E-state index in [1.165, 1.54) is 0 Å². The van der Waals surface area contributed by atoms with E-state index in [0.29, 0.717) is 0 Å². The van der Waals surface area contributed by atoms with Crippen molar-refractivity contribution in [3.63, 3.8) is 0 Å². The molecule has 0 aromatic carbocycles. The van der Waals surface area contributed by atoms with Crippen LogP contribution in [0, 0.1) is 22.3 Å². The van der Waals surface area contributed by atoms with Crippen molar-refractivity contribution in [1.29, 1.82) is 0 Å². The van der Waals surface area contributed by atoms with Gasteiger partial charge in [-0.1, -0.05) is 0 Å². The fourth-order valence-corrected chi connectivity index (χ4v) is 0. The van der Waals surface area contributed by atoms with Crippen LogP contribution in [-0.2, 0) is 13.7 Å². The second-order valence-electron chi connectivity index (χ2n) is 0. The summed E-state index contributed by atoms with van der Waals surface area (Å²) in [6.45, 7) is 0. The summed E-state index contributed by atoms with van der Waals surface area (Å²) in [5, 5.41) is 0. The van der Waals surface area contributed by atoms with E-state index in [9.17, 15) is 0 Å². The van der Waals surface area contributed by atoms with Crippen molar-refractivity contribution < 1.29 is 13.7 Å². The van der Waals surface area contributed by atoms with Gasteiger partial charge in [0.05, 0.1) is 0 Å². The van der Waals surface area contributed by atoms with Crippen LogP contribution in [0.1, 0.15) is 0 Å². The van der Waals surface area contributed by atoms with Crippen molar-refractivity contribution in [3.05, 3.63) is 22.3 Å². The summed E-state index contributed by atoms with van der Waals surface area (Å²) >= 11 is 6.25. The second-order valence-corrected chi connectivity index (χ2v) is 0. The summed E-state index contributed by atoms with van der Waals surface area (Å²) in [5.41, 5.74) is 0. The topological polar surface area (TPSA) is 0 Å². The Morgan fingerprint density at radius 3 is 0.800 bits per heavy atom. The molecule has 0 rings (SSSR count). The van der Waals surface area contributed by atoms with Gasteiger partial charge in [-0.2, -0.15) is 0 Å². The molecule has 0 saturated heterocycles. The molecule has 0 aliphatic rings. The fraction of sp³-hybridized carbons (Fsp3) is 0. The molecule has 5 heavy (non-hydrogen) atoms. The van der Waals surface area contributed by atoms with Crippen LogP contribution in [0.25, 0.3) is 0 Å². The molecule has 0 radical (unpaired) electrons. The molecule has 0 aliphatic carbocycles. The predicted octanol–water partition coefficient (Wildman–Crippen LogP) is 2.19. The Kier molecular flexibility index (Phi) is 629. The minimum atomic E-state index is 0. The van der Waals surface area contributed by atoms with E-state index in [4.69, 9.17) is 0 Å². The van der Waals surface area contributed by atoms with E-state index in [2.05, 4.69) is 27.9 Å². The Morgan fingerprint density at radius 1 is 0.800 bits per heavy atom. The molecule has 41 valence electrons. The van der Waals surface area contributed by atoms with Crippen LogP contribution in [-0.4, -0.2) is 0 Å². The molecule has 0 heterocycles. The third-order valence-corrected chi connectivity index (χ3v) is 0. The molecule has 0 bridgehead atoms. The molecule has 0 unspecified atom stereocenters. The summed E-state index contributed by atoms with van der Waals surface area (Å²) in [6.07, 6.45) is 0. The van der Waals surface area contributed by atoms with E-state index >= 15 is 0 Å². The number of hydrogen-bond acceptors (Lipinski definition) is 0. The Balaban J connectivity index is -0.00000000167. The summed E-state index contributed by atoms with van der Waals surface area (Å²) in [6, 6.07) is 0. The van der Waals surface area contributed by atoms with Gasteiger partial charge in [0.25, 0.3) is 0 Å². The molecule has 2 heteroatoms. The van der Waals surface area contributed by atoms with Gasteiger partial charge in [0.2, 0.25) is 0 Å². The quantitative estimate of drug-likeness (QED) is 0.399. The van der Waals surface area contributed by atoms with Crippen molar-refractivity contribution in [1.82, 2.24) is 0 Å². The molecule has 0 fully saturated rings. The summed E-state index contributed by atoms with van der Waals surface area (Å²) in [5.74, 6) is 0. The van der Waals surface area contributed by atoms with Crippen LogP contribution in [0.3, 0.4) is 0 Å². The molecule has 0 aliphatic heterocycles. The average molecular weight is 184 g/mol. The maximum absolute atomic E-state index is 3.69. The van der Waals surface area contributed by atoms with Gasteiger partial charge in [0, 0.05) is 0 Å². The summed E-state index contributed by atoms with van der Waals surface area (Å²) < 4.78 is 0.